The highest BCUT2D eigenvalue weighted by Crippen LogP contribution is 2.24. The van der Waals surface area contributed by atoms with Crippen LogP contribution in [0.1, 0.15) is 6.92 Å². The Morgan fingerprint density at radius 1 is 1.50 bits per heavy atom. The van der Waals surface area contributed by atoms with Crippen molar-refractivity contribution in [1.29, 1.82) is 0 Å². The Hall–Kier alpha value is -2.09. The summed E-state index contributed by atoms with van der Waals surface area (Å²) in [6, 6.07) is -0.165. The molecule has 0 spiro atoms. The lowest BCUT2D eigenvalue weighted by atomic mass is 9.97. The number of nitrogens with one attached hydrogen (secondary N) is 1. The van der Waals surface area contributed by atoms with E-state index in [0.717, 1.165) is 0 Å². The number of carboxylic acids is 1. The van der Waals surface area contributed by atoms with Gasteiger partial charge in [0.05, 0.1) is 19.4 Å². The van der Waals surface area contributed by atoms with Crippen molar-refractivity contribution in [3.63, 3.8) is 0 Å². The molecule has 20 heavy (non-hydrogen) atoms. The number of nitrogens with zero attached hydrogens (tertiary/aromatic N) is 3. The predicted octanol–water partition coefficient (Wildman–Crippen LogP) is -0.232. The summed E-state index contributed by atoms with van der Waals surface area (Å²) >= 11 is 0. The van der Waals surface area contributed by atoms with Crippen molar-refractivity contribution in [3.05, 3.63) is 18.7 Å². The molecule has 0 aliphatic carbocycles. The van der Waals surface area contributed by atoms with Crippen LogP contribution in [0.5, 0.6) is 0 Å². The van der Waals surface area contributed by atoms with Crippen LogP contribution in [-0.4, -0.2) is 63.4 Å². The SMILES string of the molecule is CC1(OCC(=O)O)CN(C(=O)NCCn2ccnc2)C1. The van der Waals surface area contributed by atoms with Gasteiger partial charge in [0.1, 0.15) is 12.2 Å². The second kappa shape index (κ2) is 5.91. The highest BCUT2D eigenvalue weighted by Gasteiger charge is 2.42. The minimum absolute atomic E-state index is 0.165. The van der Waals surface area contributed by atoms with Crippen LogP contribution in [0.25, 0.3) is 0 Å². The molecule has 1 aliphatic rings. The monoisotopic (exact) mass is 282 g/mol. The molecule has 0 radical (unpaired) electrons. The van der Waals surface area contributed by atoms with Gasteiger partial charge in [-0.25, -0.2) is 14.6 Å². The zero-order valence-electron chi connectivity index (χ0n) is 11.3. The van der Waals surface area contributed by atoms with Gasteiger partial charge in [0, 0.05) is 25.5 Å². The number of aliphatic carboxylic acids is 1. The van der Waals surface area contributed by atoms with E-state index in [2.05, 4.69) is 10.3 Å². The topological polar surface area (TPSA) is 96.7 Å². The molecule has 1 saturated heterocycles. The average molecular weight is 282 g/mol. The standard InChI is InChI=1S/C12H18N4O4/c1-12(20-6-10(17)18)7-16(8-12)11(19)14-3-5-15-4-2-13-9-15/h2,4,9H,3,5-8H2,1H3,(H,14,19)(H,17,18). The van der Waals surface area contributed by atoms with Gasteiger partial charge in [0.2, 0.25) is 0 Å². The molecule has 0 saturated carbocycles. The number of aromatic nitrogens is 2. The third kappa shape index (κ3) is 3.70. The molecule has 2 rings (SSSR count). The van der Waals surface area contributed by atoms with Gasteiger partial charge in [-0.15, -0.1) is 0 Å². The summed E-state index contributed by atoms with van der Waals surface area (Å²) in [7, 11) is 0. The highest BCUT2D eigenvalue weighted by atomic mass is 16.5. The normalized spacial score (nSPS) is 16.6. The number of carbonyl (C=O) groups is 2. The predicted molar refractivity (Wildman–Crippen MR) is 69.2 cm³/mol. The van der Waals surface area contributed by atoms with E-state index in [1.54, 1.807) is 24.3 Å². The van der Waals surface area contributed by atoms with Crippen LogP contribution < -0.4 is 5.32 Å². The van der Waals surface area contributed by atoms with Gasteiger partial charge in [-0.05, 0) is 6.92 Å². The Morgan fingerprint density at radius 3 is 2.85 bits per heavy atom. The van der Waals surface area contributed by atoms with Crippen molar-refractivity contribution in [2.45, 2.75) is 19.1 Å². The summed E-state index contributed by atoms with van der Waals surface area (Å²) in [6.07, 6.45) is 5.20. The van der Waals surface area contributed by atoms with Crippen molar-refractivity contribution >= 4 is 12.0 Å². The van der Waals surface area contributed by atoms with Crippen molar-refractivity contribution in [2.24, 2.45) is 0 Å². The lowest BCUT2D eigenvalue weighted by Gasteiger charge is -2.46. The van der Waals surface area contributed by atoms with Gasteiger partial charge in [0.25, 0.3) is 0 Å². The summed E-state index contributed by atoms with van der Waals surface area (Å²) in [5.74, 6) is -1.01. The third-order valence-corrected chi connectivity index (χ3v) is 3.09. The first kappa shape index (κ1) is 14.3. The van der Waals surface area contributed by atoms with Crippen LogP contribution in [0, 0.1) is 0 Å². The number of ether oxygens (including phenoxy) is 1. The average Bonchev–Trinajstić information content (AvgIpc) is 2.86. The molecule has 2 N–H and O–H groups in total. The van der Waals surface area contributed by atoms with Crippen LogP contribution in [0.3, 0.4) is 0 Å². The van der Waals surface area contributed by atoms with Gasteiger partial charge in [-0.2, -0.15) is 0 Å². The lowest BCUT2D eigenvalue weighted by molar-refractivity contribution is -0.159. The second-order valence-electron chi connectivity index (χ2n) is 5.02. The van der Waals surface area contributed by atoms with Crippen molar-refractivity contribution in [1.82, 2.24) is 19.8 Å². The van der Waals surface area contributed by atoms with Gasteiger partial charge in [-0.1, -0.05) is 0 Å². The fraction of sp³-hybridized carbons (Fsp3) is 0.583. The molecule has 1 aromatic heterocycles. The van der Waals surface area contributed by atoms with E-state index < -0.39 is 11.6 Å². The first-order valence-electron chi connectivity index (χ1n) is 6.33. The Bertz CT molecular complexity index is 468. The number of hydrogen-bond acceptors (Lipinski definition) is 4. The molecule has 1 fully saturated rings. The number of likely N-dealkylation sites (tertiary alicyclic amines) is 1. The largest absolute Gasteiger partial charge is 0.480 e. The van der Waals surface area contributed by atoms with E-state index in [4.69, 9.17) is 9.84 Å². The molecule has 0 unspecified atom stereocenters. The molecular weight excluding hydrogens is 264 g/mol. The Morgan fingerprint density at radius 2 is 2.25 bits per heavy atom. The molecular formula is C12H18N4O4. The molecule has 8 nitrogen and oxygen atoms in total. The summed E-state index contributed by atoms with van der Waals surface area (Å²) in [5, 5.41) is 11.3. The van der Waals surface area contributed by atoms with Crippen LogP contribution in [0.15, 0.2) is 18.7 Å². The van der Waals surface area contributed by atoms with Crippen molar-refractivity contribution < 1.29 is 19.4 Å². The number of imidazole rings is 1. The van der Waals surface area contributed by atoms with Gasteiger partial charge in [-0.3, -0.25) is 0 Å². The van der Waals surface area contributed by atoms with E-state index >= 15 is 0 Å². The summed E-state index contributed by atoms with van der Waals surface area (Å²) in [5.41, 5.74) is -0.555. The first-order chi connectivity index (χ1) is 9.48. The van der Waals surface area contributed by atoms with E-state index in [1.807, 2.05) is 10.8 Å². The molecule has 2 amide bonds. The lowest BCUT2D eigenvalue weighted by Crippen LogP contribution is -2.65. The maximum Gasteiger partial charge on any atom is 0.329 e. The fourth-order valence-corrected chi connectivity index (χ4v) is 2.05. The number of amides is 2. The number of carboxylic acid groups (broad SMARTS) is 1. The van der Waals surface area contributed by atoms with Gasteiger partial charge in [0.15, 0.2) is 0 Å². The van der Waals surface area contributed by atoms with Crippen LogP contribution in [0.4, 0.5) is 4.79 Å². The molecule has 1 aromatic rings. The van der Waals surface area contributed by atoms with E-state index in [-0.39, 0.29) is 12.6 Å². The highest BCUT2D eigenvalue weighted by molar-refractivity contribution is 5.75. The number of rotatable bonds is 6. The molecule has 8 heteroatoms. The summed E-state index contributed by atoms with van der Waals surface area (Å²) in [6.45, 7) is 3.43. The number of carbonyl (C=O) groups excluding carboxylic acids is 1. The first-order valence-corrected chi connectivity index (χ1v) is 6.33. The quantitative estimate of drug-likeness (QED) is 0.751. The number of urea groups is 1. The molecule has 0 bridgehead atoms. The minimum Gasteiger partial charge on any atom is -0.480 e. The molecule has 0 aromatic carbocycles. The zero-order chi connectivity index (χ0) is 14.6. The molecule has 0 atom stereocenters. The Balaban J connectivity index is 1.64. The van der Waals surface area contributed by atoms with E-state index in [1.165, 1.54) is 0 Å². The Labute approximate surface area is 116 Å². The van der Waals surface area contributed by atoms with Gasteiger partial charge < -0.3 is 24.6 Å². The maximum absolute atomic E-state index is 11.8. The van der Waals surface area contributed by atoms with Crippen molar-refractivity contribution in [3.8, 4) is 0 Å². The maximum atomic E-state index is 11.8. The van der Waals surface area contributed by atoms with Crippen LogP contribution in [-0.2, 0) is 16.1 Å². The molecule has 2 heterocycles. The van der Waals surface area contributed by atoms with Crippen LogP contribution >= 0.6 is 0 Å². The van der Waals surface area contributed by atoms with E-state index in [0.29, 0.717) is 26.2 Å². The van der Waals surface area contributed by atoms with Crippen molar-refractivity contribution in [2.75, 3.05) is 26.2 Å². The smallest absolute Gasteiger partial charge is 0.329 e. The Kier molecular flexibility index (Phi) is 4.23. The summed E-state index contributed by atoms with van der Waals surface area (Å²) in [4.78, 5) is 27.7. The zero-order valence-corrected chi connectivity index (χ0v) is 11.3. The molecule has 110 valence electrons. The van der Waals surface area contributed by atoms with Crippen LogP contribution in [0.2, 0.25) is 0 Å². The second-order valence-corrected chi connectivity index (χ2v) is 5.02. The van der Waals surface area contributed by atoms with Gasteiger partial charge >= 0.3 is 12.0 Å². The third-order valence-electron chi connectivity index (χ3n) is 3.09. The number of hydrogen-bond donors (Lipinski definition) is 2. The van der Waals surface area contributed by atoms with E-state index in [9.17, 15) is 9.59 Å². The fourth-order valence-electron chi connectivity index (χ4n) is 2.05. The molecule has 1 aliphatic heterocycles. The minimum atomic E-state index is -1.01. The summed E-state index contributed by atoms with van der Waals surface area (Å²) < 4.78 is 7.11.